The third-order valence-electron chi connectivity index (χ3n) is 3.81. The second-order valence-corrected chi connectivity index (χ2v) is 5.12. The predicted octanol–water partition coefficient (Wildman–Crippen LogP) is 2.81. The topological polar surface area (TPSA) is 83.8 Å². The summed E-state index contributed by atoms with van der Waals surface area (Å²) < 4.78 is 1.87. The maximum atomic E-state index is 11.1. The quantitative estimate of drug-likeness (QED) is 0.595. The fraction of sp³-hybridized carbons (Fsp3) is 0.0625. The van der Waals surface area contributed by atoms with Crippen LogP contribution < -0.4 is 0 Å². The van der Waals surface area contributed by atoms with Crippen LogP contribution >= 0.6 is 0 Å². The van der Waals surface area contributed by atoms with Crippen molar-refractivity contribution in [2.45, 2.75) is 0 Å². The van der Waals surface area contributed by atoms with Crippen LogP contribution in [0.4, 0.5) is 0 Å². The smallest absolute Gasteiger partial charge is 0.335 e. The fourth-order valence-corrected chi connectivity index (χ4v) is 2.67. The number of fused-ring (bicyclic) bond motifs is 2. The molecule has 22 heavy (non-hydrogen) atoms. The van der Waals surface area contributed by atoms with Gasteiger partial charge in [-0.05, 0) is 24.3 Å². The van der Waals surface area contributed by atoms with Crippen LogP contribution in [0.1, 0.15) is 10.4 Å². The molecule has 2 N–H and O–H groups in total. The number of para-hydroxylation sites is 1. The van der Waals surface area contributed by atoms with Gasteiger partial charge in [0.25, 0.3) is 0 Å². The summed E-state index contributed by atoms with van der Waals surface area (Å²) >= 11 is 0. The minimum atomic E-state index is -0.949. The lowest BCUT2D eigenvalue weighted by Gasteiger charge is -2.00. The zero-order valence-corrected chi connectivity index (χ0v) is 11.7. The molecule has 4 aromatic rings. The zero-order chi connectivity index (χ0) is 15.3. The summed E-state index contributed by atoms with van der Waals surface area (Å²) in [5, 5.41) is 17.5. The van der Waals surface area contributed by atoms with Gasteiger partial charge in [-0.2, -0.15) is 5.10 Å². The van der Waals surface area contributed by atoms with Crippen LogP contribution in [0.2, 0.25) is 0 Å². The molecule has 0 fully saturated rings. The summed E-state index contributed by atoms with van der Waals surface area (Å²) in [7, 11) is 1.86. The van der Waals surface area contributed by atoms with Gasteiger partial charge in [-0.25, -0.2) is 9.78 Å². The van der Waals surface area contributed by atoms with Crippen LogP contribution in [0.25, 0.3) is 33.5 Å². The lowest BCUT2D eigenvalue weighted by molar-refractivity contribution is 0.0697. The number of benzene rings is 2. The van der Waals surface area contributed by atoms with Gasteiger partial charge < -0.3 is 9.67 Å². The molecule has 0 aliphatic heterocycles. The van der Waals surface area contributed by atoms with E-state index in [2.05, 4.69) is 15.2 Å². The van der Waals surface area contributed by atoms with Crippen LogP contribution in [0.5, 0.6) is 0 Å². The largest absolute Gasteiger partial charge is 0.478 e. The van der Waals surface area contributed by atoms with Gasteiger partial charge in [0.15, 0.2) is 5.82 Å². The Labute approximate surface area is 125 Å². The van der Waals surface area contributed by atoms with Crippen LogP contribution in [0.3, 0.4) is 0 Å². The van der Waals surface area contributed by atoms with Gasteiger partial charge in [-0.1, -0.05) is 18.2 Å². The van der Waals surface area contributed by atoms with Gasteiger partial charge in [0.05, 0.1) is 22.1 Å². The molecule has 0 atom stereocenters. The Kier molecular flexibility index (Phi) is 2.53. The third kappa shape index (κ3) is 1.70. The molecule has 0 radical (unpaired) electrons. The molecule has 0 amide bonds. The van der Waals surface area contributed by atoms with E-state index in [0.29, 0.717) is 5.82 Å². The van der Waals surface area contributed by atoms with E-state index in [0.717, 1.165) is 27.6 Å². The molecule has 0 aliphatic rings. The number of hydrogen-bond donors (Lipinski definition) is 2. The predicted molar refractivity (Wildman–Crippen MR) is 82.8 cm³/mol. The first-order valence-electron chi connectivity index (χ1n) is 6.78. The average Bonchev–Trinajstić information content (AvgIpc) is 3.08. The normalized spacial score (nSPS) is 11.3. The average molecular weight is 292 g/mol. The van der Waals surface area contributed by atoms with E-state index in [4.69, 9.17) is 5.11 Å². The Morgan fingerprint density at radius 3 is 2.86 bits per heavy atom. The number of aromatic nitrogens is 4. The van der Waals surface area contributed by atoms with Gasteiger partial charge in [-0.3, -0.25) is 5.10 Å². The third-order valence-corrected chi connectivity index (χ3v) is 3.81. The van der Waals surface area contributed by atoms with Crippen molar-refractivity contribution in [3.8, 4) is 11.5 Å². The maximum Gasteiger partial charge on any atom is 0.335 e. The van der Waals surface area contributed by atoms with Crippen LogP contribution in [0, 0.1) is 0 Å². The number of carboxylic acid groups (broad SMARTS) is 1. The molecule has 108 valence electrons. The molecule has 0 saturated carbocycles. The molecule has 2 aromatic heterocycles. The number of hydrogen-bond acceptors (Lipinski definition) is 3. The van der Waals surface area contributed by atoms with Crippen molar-refractivity contribution in [2.24, 2.45) is 7.05 Å². The number of nitrogens with one attached hydrogen (secondary N) is 1. The van der Waals surface area contributed by atoms with Gasteiger partial charge in [0.2, 0.25) is 0 Å². The molecule has 0 unspecified atom stereocenters. The Morgan fingerprint density at radius 1 is 1.23 bits per heavy atom. The molecule has 2 heterocycles. The number of carboxylic acids is 1. The van der Waals surface area contributed by atoms with Crippen molar-refractivity contribution in [1.82, 2.24) is 19.7 Å². The molecule has 0 saturated heterocycles. The molecular weight excluding hydrogens is 280 g/mol. The van der Waals surface area contributed by atoms with Crippen molar-refractivity contribution in [2.75, 3.05) is 0 Å². The Hall–Kier alpha value is -3.15. The molecule has 4 rings (SSSR count). The molecule has 0 spiro atoms. The van der Waals surface area contributed by atoms with Gasteiger partial charge in [-0.15, -0.1) is 0 Å². The summed E-state index contributed by atoms with van der Waals surface area (Å²) in [4.78, 5) is 15.7. The van der Waals surface area contributed by atoms with E-state index in [1.807, 2.05) is 35.9 Å². The molecule has 2 aromatic carbocycles. The lowest BCUT2D eigenvalue weighted by atomic mass is 10.2. The SMILES string of the molecule is Cn1c(-c2n[nH]c3ccccc23)nc2ccc(C(=O)O)cc21. The number of carbonyl (C=O) groups is 1. The standard InChI is InChI=1S/C16H12N4O2/c1-20-13-8-9(16(21)22)6-7-12(13)17-15(20)14-10-4-2-3-5-11(10)18-19-14/h2-8H,1H3,(H,18,19)(H,21,22). The number of aryl methyl sites for hydroxylation is 1. The zero-order valence-electron chi connectivity index (χ0n) is 11.7. The van der Waals surface area contributed by atoms with Gasteiger partial charge >= 0.3 is 5.97 Å². The number of aromatic amines is 1. The van der Waals surface area contributed by atoms with Gasteiger partial charge in [0, 0.05) is 12.4 Å². The van der Waals surface area contributed by atoms with Crippen LogP contribution in [-0.4, -0.2) is 30.8 Å². The lowest BCUT2D eigenvalue weighted by Crippen LogP contribution is -1.97. The minimum absolute atomic E-state index is 0.244. The van der Waals surface area contributed by atoms with Crippen LogP contribution in [-0.2, 0) is 7.05 Å². The van der Waals surface area contributed by atoms with E-state index < -0.39 is 5.97 Å². The summed E-state index contributed by atoms with van der Waals surface area (Å²) in [5.41, 5.74) is 3.45. The van der Waals surface area contributed by atoms with Crippen molar-refractivity contribution in [3.05, 3.63) is 48.0 Å². The van der Waals surface area contributed by atoms with Gasteiger partial charge in [0.1, 0.15) is 5.69 Å². The Morgan fingerprint density at radius 2 is 2.05 bits per heavy atom. The number of aromatic carboxylic acids is 1. The number of nitrogens with zero attached hydrogens (tertiary/aromatic N) is 3. The van der Waals surface area contributed by atoms with Crippen molar-refractivity contribution >= 4 is 27.9 Å². The summed E-state index contributed by atoms with van der Waals surface area (Å²) in [5.74, 6) is -0.246. The van der Waals surface area contributed by atoms with Crippen molar-refractivity contribution in [1.29, 1.82) is 0 Å². The molecule has 0 bridgehead atoms. The first-order chi connectivity index (χ1) is 10.6. The summed E-state index contributed by atoms with van der Waals surface area (Å²) in [6.07, 6.45) is 0. The van der Waals surface area contributed by atoms with E-state index in [1.165, 1.54) is 0 Å². The number of rotatable bonds is 2. The maximum absolute atomic E-state index is 11.1. The highest BCUT2D eigenvalue weighted by atomic mass is 16.4. The molecule has 0 aliphatic carbocycles. The number of imidazole rings is 1. The summed E-state index contributed by atoms with van der Waals surface area (Å²) in [6.45, 7) is 0. The molecule has 6 heteroatoms. The second kappa shape index (κ2) is 4.42. The van der Waals surface area contributed by atoms with Crippen LogP contribution in [0.15, 0.2) is 42.5 Å². The Balaban J connectivity index is 1.99. The first-order valence-corrected chi connectivity index (χ1v) is 6.78. The molecule has 6 nitrogen and oxygen atoms in total. The first kappa shape index (κ1) is 12.6. The minimum Gasteiger partial charge on any atom is -0.478 e. The Bertz CT molecular complexity index is 1030. The van der Waals surface area contributed by atoms with E-state index in [9.17, 15) is 4.79 Å². The van der Waals surface area contributed by atoms with E-state index >= 15 is 0 Å². The van der Waals surface area contributed by atoms with Crippen molar-refractivity contribution in [3.63, 3.8) is 0 Å². The van der Waals surface area contributed by atoms with Crippen molar-refractivity contribution < 1.29 is 9.90 Å². The second-order valence-electron chi connectivity index (χ2n) is 5.12. The highest BCUT2D eigenvalue weighted by molar-refractivity contribution is 5.96. The summed E-state index contributed by atoms with van der Waals surface area (Å²) in [6, 6.07) is 12.7. The highest BCUT2D eigenvalue weighted by Crippen LogP contribution is 2.28. The van der Waals surface area contributed by atoms with E-state index in [-0.39, 0.29) is 5.56 Å². The highest BCUT2D eigenvalue weighted by Gasteiger charge is 2.16. The monoisotopic (exact) mass is 292 g/mol. The molecular formula is C16H12N4O2. The fourth-order valence-electron chi connectivity index (χ4n) is 2.67. The van der Waals surface area contributed by atoms with E-state index in [1.54, 1.807) is 18.2 Å². The number of H-pyrrole nitrogens is 1.